The molecule has 0 atom stereocenters. The first-order valence-electron chi connectivity index (χ1n) is 8.46. The number of rotatable bonds is 7. The molecular weight excluding hydrogens is 326 g/mol. The summed E-state index contributed by atoms with van der Waals surface area (Å²) in [5.74, 6) is 2.06. The smallest absolute Gasteiger partial charge is 0.191 e. The van der Waals surface area contributed by atoms with E-state index >= 15 is 0 Å². The van der Waals surface area contributed by atoms with E-state index in [1.165, 1.54) is 9.75 Å². The molecule has 0 unspecified atom stereocenters. The lowest BCUT2D eigenvalue weighted by Gasteiger charge is -2.37. The predicted octanol–water partition coefficient (Wildman–Crippen LogP) is 3.41. The van der Waals surface area contributed by atoms with Crippen LogP contribution in [0.3, 0.4) is 0 Å². The number of nitrogens with one attached hydrogen (secondary N) is 2. The Kier molecular flexibility index (Phi) is 7.73. The Labute approximate surface area is 148 Å². The third-order valence-corrected chi connectivity index (χ3v) is 6.40. The minimum Gasteiger partial charge on any atom is -0.381 e. The Morgan fingerprint density at radius 1 is 1.30 bits per heavy atom. The van der Waals surface area contributed by atoms with Gasteiger partial charge in [-0.05, 0) is 44.6 Å². The number of nitrogens with zero attached hydrogens (tertiary/aromatic N) is 1. The molecule has 130 valence electrons. The molecule has 0 saturated carbocycles. The maximum absolute atomic E-state index is 5.55. The predicted molar refractivity (Wildman–Crippen MR) is 103 cm³/mol. The van der Waals surface area contributed by atoms with Gasteiger partial charge in [0.15, 0.2) is 5.96 Å². The first-order chi connectivity index (χ1) is 11.2. The molecule has 0 aromatic carbocycles. The fourth-order valence-corrected chi connectivity index (χ4v) is 4.79. The average molecular weight is 356 g/mol. The van der Waals surface area contributed by atoms with E-state index in [9.17, 15) is 0 Å². The molecule has 1 fully saturated rings. The van der Waals surface area contributed by atoms with Crippen LogP contribution in [-0.4, -0.2) is 42.8 Å². The van der Waals surface area contributed by atoms with Crippen molar-refractivity contribution in [3.63, 3.8) is 0 Å². The molecular formula is C17H29N3OS2. The molecule has 0 spiro atoms. The van der Waals surface area contributed by atoms with Crippen molar-refractivity contribution in [2.45, 2.75) is 44.9 Å². The van der Waals surface area contributed by atoms with Crippen molar-refractivity contribution >= 4 is 29.1 Å². The molecule has 0 amide bonds. The van der Waals surface area contributed by atoms with Gasteiger partial charge in [0.2, 0.25) is 0 Å². The van der Waals surface area contributed by atoms with Gasteiger partial charge in [0.25, 0.3) is 0 Å². The maximum atomic E-state index is 5.55. The monoisotopic (exact) mass is 355 g/mol. The Bertz CT molecular complexity index is 490. The van der Waals surface area contributed by atoms with Crippen LogP contribution in [0.4, 0.5) is 0 Å². The number of aryl methyl sites for hydroxylation is 1. The van der Waals surface area contributed by atoms with Gasteiger partial charge in [0.05, 0.1) is 6.54 Å². The van der Waals surface area contributed by atoms with Crippen LogP contribution >= 0.6 is 23.1 Å². The summed E-state index contributed by atoms with van der Waals surface area (Å²) in [4.78, 5) is 7.39. The van der Waals surface area contributed by atoms with Crippen molar-refractivity contribution in [3.05, 3.63) is 21.9 Å². The van der Waals surface area contributed by atoms with Gasteiger partial charge < -0.3 is 15.4 Å². The molecule has 1 aliphatic rings. The number of guanidine groups is 1. The van der Waals surface area contributed by atoms with Crippen molar-refractivity contribution in [1.29, 1.82) is 0 Å². The molecule has 0 bridgehead atoms. The maximum Gasteiger partial charge on any atom is 0.191 e. The van der Waals surface area contributed by atoms with Crippen molar-refractivity contribution < 1.29 is 4.74 Å². The SMILES string of the molecule is CCNC(=NCc1ccc(C)s1)NCC1(SCC)CCOCC1. The summed E-state index contributed by atoms with van der Waals surface area (Å²) < 4.78 is 5.83. The van der Waals surface area contributed by atoms with Gasteiger partial charge >= 0.3 is 0 Å². The highest BCUT2D eigenvalue weighted by atomic mass is 32.2. The van der Waals surface area contributed by atoms with Crippen molar-refractivity contribution in [3.8, 4) is 0 Å². The van der Waals surface area contributed by atoms with Crippen LogP contribution in [0.25, 0.3) is 0 Å². The highest BCUT2D eigenvalue weighted by molar-refractivity contribution is 8.00. The molecule has 1 saturated heterocycles. The number of aliphatic imine (C=N–C) groups is 1. The van der Waals surface area contributed by atoms with E-state index in [-0.39, 0.29) is 4.75 Å². The zero-order valence-corrected chi connectivity index (χ0v) is 16.1. The molecule has 1 aromatic heterocycles. The second-order valence-electron chi connectivity index (χ2n) is 5.79. The summed E-state index contributed by atoms with van der Waals surface area (Å²) in [6.07, 6.45) is 2.23. The lowest BCUT2D eigenvalue weighted by molar-refractivity contribution is 0.0782. The van der Waals surface area contributed by atoms with E-state index in [0.29, 0.717) is 0 Å². The van der Waals surface area contributed by atoms with Gasteiger partial charge in [0, 0.05) is 40.8 Å². The number of ether oxygens (including phenoxy) is 1. The Morgan fingerprint density at radius 3 is 2.70 bits per heavy atom. The fraction of sp³-hybridized carbons (Fsp3) is 0.706. The van der Waals surface area contributed by atoms with Crippen LogP contribution < -0.4 is 10.6 Å². The van der Waals surface area contributed by atoms with Crippen LogP contribution in [0, 0.1) is 6.92 Å². The van der Waals surface area contributed by atoms with E-state index < -0.39 is 0 Å². The molecule has 1 aliphatic heterocycles. The molecule has 6 heteroatoms. The molecule has 1 aromatic rings. The Balaban J connectivity index is 1.94. The minimum atomic E-state index is 0.280. The van der Waals surface area contributed by atoms with E-state index in [1.807, 2.05) is 11.3 Å². The van der Waals surface area contributed by atoms with Crippen LogP contribution in [0.2, 0.25) is 0 Å². The molecule has 0 aliphatic carbocycles. The summed E-state index contributed by atoms with van der Waals surface area (Å²) in [7, 11) is 0. The van der Waals surface area contributed by atoms with Gasteiger partial charge in [-0.15, -0.1) is 11.3 Å². The minimum absolute atomic E-state index is 0.280. The largest absolute Gasteiger partial charge is 0.381 e. The summed E-state index contributed by atoms with van der Waals surface area (Å²) >= 11 is 3.87. The van der Waals surface area contributed by atoms with Gasteiger partial charge in [-0.3, -0.25) is 0 Å². The van der Waals surface area contributed by atoms with E-state index in [2.05, 4.69) is 55.3 Å². The van der Waals surface area contributed by atoms with Crippen LogP contribution in [0.15, 0.2) is 17.1 Å². The zero-order chi connectivity index (χ0) is 16.5. The molecule has 2 N–H and O–H groups in total. The van der Waals surface area contributed by atoms with E-state index in [4.69, 9.17) is 9.73 Å². The average Bonchev–Trinajstić information content (AvgIpc) is 2.97. The molecule has 4 nitrogen and oxygen atoms in total. The number of hydrogen-bond donors (Lipinski definition) is 2. The van der Waals surface area contributed by atoms with Gasteiger partial charge in [-0.25, -0.2) is 4.99 Å². The topological polar surface area (TPSA) is 45.7 Å². The van der Waals surface area contributed by atoms with Gasteiger partial charge in [-0.2, -0.15) is 11.8 Å². The number of thioether (sulfide) groups is 1. The first kappa shape index (κ1) is 18.6. The summed E-state index contributed by atoms with van der Waals surface area (Å²) in [6, 6.07) is 4.32. The quantitative estimate of drug-likeness (QED) is 0.581. The normalized spacial score (nSPS) is 18.0. The molecule has 2 heterocycles. The summed E-state index contributed by atoms with van der Waals surface area (Å²) in [6.45, 7) is 10.8. The summed E-state index contributed by atoms with van der Waals surface area (Å²) in [5, 5.41) is 6.92. The molecule has 2 rings (SSSR count). The fourth-order valence-electron chi connectivity index (χ4n) is 2.74. The second kappa shape index (κ2) is 9.55. The lowest BCUT2D eigenvalue weighted by Crippen LogP contribution is -2.48. The molecule has 0 radical (unpaired) electrons. The summed E-state index contributed by atoms with van der Waals surface area (Å²) in [5.41, 5.74) is 0. The third kappa shape index (κ3) is 6.01. The second-order valence-corrected chi connectivity index (χ2v) is 8.89. The highest BCUT2D eigenvalue weighted by Crippen LogP contribution is 2.34. The Morgan fingerprint density at radius 2 is 2.09 bits per heavy atom. The van der Waals surface area contributed by atoms with Gasteiger partial charge in [-0.1, -0.05) is 6.92 Å². The van der Waals surface area contributed by atoms with Gasteiger partial charge in [0.1, 0.15) is 0 Å². The lowest BCUT2D eigenvalue weighted by atomic mass is 9.99. The van der Waals surface area contributed by atoms with E-state index in [1.54, 1.807) is 0 Å². The van der Waals surface area contributed by atoms with Crippen molar-refractivity contribution in [2.75, 3.05) is 32.1 Å². The van der Waals surface area contributed by atoms with E-state index in [0.717, 1.165) is 57.4 Å². The zero-order valence-electron chi connectivity index (χ0n) is 14.5. The number of hydrogen-bond acceptors (Lipinski definition) is 4. The first-order valence-corrected chi connectivity index (χ1v) is 10.3. The van der Waals surface area contributed by atoms with Crippen LogP contribution in [0.1, 0.15) is 36.4 Å². The van der Waals surface area contributed by atoms with Crippen LogP contribution in [-0.2, 0) is 11.3 Å². The third-order valence-electron chi connectivity index (χ3n) is 3.97. The number of thiophene rings is 1. The van der Waals surface area contributed by atoms with Crippen molar-refractivity contribution in [2.24, 2.45) is 4.99 Å². The highest BCUT2D eigenvalue weighted by Gasteiger charge is 2.32. The van der Waals surface area contributed by atoms with Crippen molar-refractivity contribution in [1.82, 2.24) is 10.6 Å². The van der Waals surface area contributed by atoms with Crippen LogP contribution in [0.5, 0.6) is 0 Å². The Hall–Kier alpha value is -0.720. The standard InChI is InChI=1S/C17H29N3OS2/c1-4-18-16(19-12-15-7-6-14(3)23-15)20-13-17(22-5-2)8-10-21-11-9-17/h6-7H,4-5,8-13H2,1-3H3,(H2,18,19,20). The molecule has 23 heavy (non-hydrogen) atoms.